The summed E-state index contributed by atoms with van der Waals surface area (Å²) in [5, 5.41) is 3.83. The van der Waals surface area contributed by atoms with Crippen molar-refractivity contribution >= 4 is 15.7 Å². The number of fused-ring (bicyclic) bond motifs is 1. The van der Waals surface area contributed by atoms with Crippen molar-refractivity contribution in [3.63, 3.8) is 0 Å². The van der Waals surface area contributed by atoms with E-state index in [1.165, 1.54) is 41.8 Å². The number of anilines is 1. The van der Waals surface area contributed by atoms with Crippen LogP contribution in [0.4, 0.5) is 5.69 Å². The second-order valence-corrected chi connectivity index (χ2v) is 12.0. The summed E-state index contributed by atoms with van der Waals surface area (Å²) in [5.41, 5.74) is 9.90. The highest BCUT2D eigenvalue weighted by Crippen LogP contribution is 2.49. The number of nitrogens with one attached hydrogen (secondary N) is 1. The summed E-state index contributed by atoms with van der Waals surface area (Å²) < 4.78 is 32.4. The minimum Gasteiger partial charge on any atom is -0.496 e. The van der Waals surface area contributed by atoms with E-state index in [2.05, 4.69) is 29.6 Å². The Balaban J connectivity index is 1.79. The predicted molar refractivity (Wildman–Crippen MR) is 139 cm³/mol. The van der Waals surface area contributed by atoms with Gasteiger partial charge in [-0.25, -0.2) is 8.42 Å². The number of benzene rings is 2. The summed E-state index contributed by atoms with van der Waals surface area (Å²) in [6.45, 7) is 4.78. The van der Waals surface area contributed by atoms with E-state index in [0.717, 1.165) is 12.1 Å². The molecule has 1 saturated heterocycles. The number of methoxy groups -OCH3 is 1. The van der Waals surface area contributed by atoms with Crippen molar-refractivity contribution in [2.24, 2.45) is 23.5 Å². The molecule has 1 aliphatic carbocycles. The molecule has 6 nitrogen and oxygen atoms in total. The third kappa shape index (κ3) is 4.97. The molecule has 0 aromatic heterocycles. The summed E-state index contributed by atoms with van der Waals surface area (Å²) in [6.07, 6.45) is 6.17. The molecule has 7 heteroatoms. The van der Waals surface area contributed by atoms with Crippen molar-refractivity contribution in [3.8, 4) is 5.75 Å². The van der Waals surface area contributed by atoms with Crippen LogP contribution in [0.2, 0.25) is 0 Å². The van der Waals surface area contributed by atoms with E-state index >= 15 is 0 Å². The molecule has 186 valence electrons. The van der Waals surface area contributed by atoms with Crippen molar-refractivity contribution in [1.82, 2.24) is 5.32 Å². The van der Waals surface area contributed by atoms with Crippen LogP contribution in [-0.4, -0.2) is 34.4 Å². The molecule has 4 rings (SSSR count). The number of nitrogens with two attached hydrogens (primary N) is 1. The molecule has 0 amide bonds. The Morgan fingerprint density at radius 3 is 2.44 bits per heavy atom. The molecule has 0 bridgehead atoms. The fourth-order valence-electron chi connectivity index (χ4n) is 6.33. The standard InChI is InChI=1S/C27H39N3O3S/c1-18(2)30(34(4,31)32)21-14-15-24(33-3)23(16-21)26(28)25-22-13-9-8-12-20(22)17-29-27(25)19-10-6-5-7-11-19/h5-7,10-11,14-16,18,20,22,25-27,29H,8-9,12-13,17,28H2,1-4H3. The van der Waals surface area contributed by atoms with E-state index in [4.69, 9.17) is 10.5 Å². The van der Waals surface area contributed by atoms with Crippen LogP contribution < -0.4 is 20.1 Å². The maximum absolute atomic E-state index is 12.6. The van der Waals surface area contributed by atoms with Gasteiger partial charge in [0.05, 0.1) is 19.1 Å². The van der Waals surface area contributed by atoms with E-state index in [1.54, 1.807) is 7.11 Å². The highest BCUT2D eigenvalue weighted by Gasteiger charge is 2.44. The van der Waals surface area contributed by atoms with E-state index in [9.17, 15) is 8.42 Å². The topological polar surface area (TPSA) is 84.7 Å². The van der Waals surface area contributed by atoms with Gasteiger partial charge in [0.15, 0.2) is 0 Å². The molecule has 1 saturated carbocycles. The molecule has 0 spiro atoms. The minimum atomic E-state index is -3.44. The molecule has 1 aliphatic heterocycles. The molecule has 34 heavy (non-hydrogen) atoms. The molecule has 1 heterocycles. The van der Waals surface area contributed by atoms with Crippen LogP contribution in [0.15, 0.2) is 48.5 Å². The predicted octanol–water partition coefficient (Wildman–Crippen LogP) is 4.64. The third-order valence-corrected chi connectivity index (χ3v) is 9.02. The van der Waals surface area contributed by atoms with Crippen LogP contribution in [0, 0.1) is 17.8 Å². The zero-order chi connectivity index (χ0) is 24.5. The van der Waals surface area contributed by atoms with Gasteiger partial charge < -0.3 is 15.8 Å². The highest BCUT2D eigenvalue weighted by atomic mass is 32.2. The highest BCUT2D eigenvalue weighted by molar-refractivity contribution is 7.92. The van der Waals surface area contributed by atoms with Gasteiger partial charge in [-0.2, -0.15) is 0 Å². The van der Waals surface area contributed by atoms with Gasteiger partial charge in [-0.3, -0.25) is 4.31 Å². The van der Waals surface area contributed by atoms with Crippen molar-refractivity contribution in [1.29, 1.82) is 0 Å². The SMILES string of the molecule is COc1ccc(N(C(C)C)S(C)(=O)=O)cc1C(N)C1C(c2ccccc2)NCC2CCCCC21. The van der Waals surface area contributed by atoms with Crippen LogP contribution in [0.5, 0.6) is 5.75 Å². The number of hydrogen-bond donors (Lipinski definition) is 2. The fourth-order valence-corrected chi connectivity index (χ4v) is 7.59. The smallest absolute Gasteiger partial charge is 0.232 e. The Morgan fingerprint density at radius 1 is 1.09 bits per heavy atom. The number of ether oxygens (including phenoxy) is 1. The first-order valence-corrected chi connectivity index (χ1v) is 14.3. The number of piperidine rings is 1. The summed E-state index contributed by atoms with van der Waals surface area (Å²) in [5.74, 6) is 2.01. The quantitative estimate of drug-likeness (QED) is 0.597. The minimum absolute atomic E-state index is 0.139. The van der Waals surface area contributed by atoms with Gasteiger partial charge in [0.2, 0.25) is 10.0 Å². The van der Waals surface area contributed by atoms with Crippen molar-refractivity contribution < 1.29 is 13.2 Å². The Kier molecular flexibility index (Phi) is 7.55. The normalized spacial score (nSPS) is 26.1. The Hall–Kier alpha value is -2.09. The van der Waals surface area contributed by atoms with Gasteiger partial charge in [-0.05, 0) is 68.8 Å². The van der Waals surface area contributed by atoms with E-state index in [0.29, 0.717) is 23.3 Å². The fraction of sp³-hybridized carbons (Fsp3) is 0.556. The van der Waals surface area contributed by atoms with Gasteiger partial charge in [0.25, 0.3) is 0 Å². The second kappa shape index (κ2) is 10.3. The van der Waals surface area contributed by atoms with Crippen LogP contribution >= 0.6 is 0 Å². The Morgan fingerprint density at radius 2 is 1.79 bits per heavy atom. The van der Waals surface area contributed by atoms with Crippen molar-refractivity contribution in [3.05, 3.63) is 59.7 Å². The van der Waals surface area contributed by atoms with Crippen LogP contribution in [-0.2, 0) is 10.0 Å². The summed E-state index contributed by atoms with van der Waals surface area (Å²) >= 11 is 0. The molecular weight excluding hydrogens is 446 g/mol. The molecular formula is C27H39N3O3S. The third-order valence-electron chi connectivity index (χ3n) is 7.67. The molecule has 5 atom stereocenters. The lowest BCUT2D eigenvalue weighted by Crippen LogP contribution is -2.50. The largest absolute Gasteiger partial charge is 0.496 e. The molecule has 2 aromatic carbocycles. The van der Waals surface area contributed by atoms with E-state index in [-0.39, 0.29) is 24.0 Å². The monoisotopic (exact) mass is 485 g/mol. The average molecular weight is 486 g/mol. The first kappa shape index (κ1) is 25.0. The Bertz CT molecular complexity index is 1070. The first-order valence-electron chi connectivity index (χ1n) is 12.4. The Labute approximate surface area is 204 Å². The van der Waals surface area contributed by atoms with Crippen molar-refractivity contribution in [2.75, 3.05) is 24.2 Å². The van der Waals surface area contributed by atoms with Crippen LogP contribution in [0.25, 0.3) is 0 Å². The second-order valence-electron chi connectivity index (χ2n) is 10.2. The molecule has 0 radical (unpaired) electrons. The zero-order valence-electron chi connectivity index (χ0n) is 20.8. The summed E-state index contributed by atoms with van der Waals surface area (Å²) in [4.78, 5) is 0. The van der Waals surface area contributed by atoms with Crippen molar-refractivity contribution in [2.45, 2.75) is 57.7 Å². The zero-order valence-corrected chi connectivity index (χ0v) is 21.6. The maximum atomic E-state index is 12.6. The maximum Gasteiger partial charge on any atom is 0.232 e. The van der Waals surface area contributed by atoms with Gasteiger partial charge in [0, 0.05) is 29.6 Å². The lowest BCUT2D eigenvalue weighted by Gasteiger charge is -2.49. The first-order chi connectivity index (χ1) is 16.2. The lowest BCUT2D eigenvalue weighted by atomic mass is 9.63. The van der Waals surface area contributed by atoms with Gasteiger partial charge >= 0.3 is 0 Å². The van der Waals surface area contributed by atoms with E-state index in [1.807, 2.05) is 38.1 Å². The van der Waals surface area contributed by atoms with Crippen LogP contribution in [0.1, 0.15) is 62.7 Å². The number of nitrogens with zero attached hydrogens (tertiary/aromatic N) is 1. The summed E-state index contributed by atoms with van der Waals surface area (Å²) in [6, 6.07) is 15.8. The molecule has 2 aromatic rings. The number of hydrogen-bond acceptors (Lipinski definition) is 5. The van der Waals surface area contributed by atoms with Gasteiger partial charge in [-0.1, -0.05) is 43.2 Å². The summed E-state index contributed by atoms with van der Waals surface area (Å²) in [7, 11) is -1.79. The molecule has 5 unspecified atom stereocenters. The molecule has 3 N–H and O–H groups in total. The molecule has 2 fully saturated rings. The molecule has 2 aliphatic rings. The van der Waals surface area contributed by atoms with Gasteiger partial charge in [-0.15, -0.1) is 0 Å². The number of sulfonamides is 1. The van der Waals surface area contributed by atoms with Gasteiger partial charge in [0.1, 0.15) is 5.75 Å². The number of rotatable bonds is 7. The van der Waals surface area contributed by atoms with Crippen LogP contribution in [0.3, 0.4) is 0 Å². The average Bonchev–Trinajstić information content (AvgIpc) is 2.82. The lowest BCUT2D eigenvalue weighted by molar-refractivity contribution is 0.0626. The van der Waals surface area contributed by atoms with E-state index < -0.39 is 10.0 Å².